The highest BCUT2D eigenvalue weighted by Gasteiger charge is 2.16. The van der Waals surface area contributed by atoms with Crippen LogP contribution < -0.4 is 0 Å². The highest BCUT2D eigenvalue weighted by molar-refractivity contribution is 6.32. The van der Waals surface area contributed by atoms with Crippen molar-refractivity contribution in [3.05, 3.63) is 106 Å². The number of nitrogens with zero attached hydrogens (tertiary/aromatic N) is 1. The molecule has 0 aliphatic rings. The molecule has 32 heavy (non-hydrogen) atoms. The average molecular weight is 447 g/mol. The molecule has 4 nitrogen and oxygen atoms in total. The van der Waals surface area contributed by atoms with E-state index in [2.05, 4.69) is 10.2 Å². The molecule has 3 aromatic carbocycles. The number of aliphatic carboxylic acids is 1. The van der Waals surface area contributed by atoms with Gasteiger partial charge < -0.3 is 5.11 Å². The standard InChI is InChI=1S/C26H20ClFN2O2/c1-2-21(22-14-20(28)9-10-23(22)27)26(18-8-11-24-19(13-18)15-29-30-24)17-6-3-16(4-7-17)5-12-25(31)32/h3-15H,2H2,1H3,(H,29,30)(H,31,32). The summed E-state index contributed by atoms with van der Waals surface area (Å²) in [5.41, 5.74) is 6.03. The number of H-pyrrole nitrogens is 1. The average Bonchev–Trinajstić information content (AvgIpc) is 3.26. The van der Waals surface area contributed by atoms with Crippen molar-refractivity contribution in [3.63, 3.8) is 0 Å². The first-order valence-electron chi connectivity index (χ1n) is 10.1. The van der Waals surface area contributed by atoms with Crippen molar-refractivity contribution >= 4 is 45.7 Å². The lowest BCUT2D eigenvalue weighted by Gasteiger charge is -2.18. The second-order valence-corrected chi connectivity index (χ2v) is 7.70. The number of aromatic nitrogens is 2. The van der Waals surface area contributed by atoms with Gasteiger partial charge in [0.1, 0.15) is 5.82 Å². The van der Waals surface area contributed by atoms with Gasteiger partial charge >= 0.3 is 5.97 Å². The lowest BCUT2D eigenvalue weighted by molar-refractivity contribution is -0.131. The molecule has 160 valence electrons. The van der Waals surface area contributed by atoms with Gasteiger partial charge in [-0.05, 0) is 76.2 Å². The van der Waals surface area contributed by atoms with Crippen molar-refractivity contribution in [2.45, 2.75) is 13.3 Å². The van der Waals surface area contributed by atoms with Crippen LogP contribution in [-0.4, -0.2) is 21.3 Å². The Kier molecular flexibility index (Phi) is 6.19. The zero-order chi connectivity index (χ0) is 22.7. The predicted molar refractivity (Wildman–Crippen MR) is 127 cm³/mol. The molecule has 0 aliphatic heterocycles. The number of carboxylic acids is 1. The van der Waals surface area contributed by atoms with Crippen LogP contribution in [0, 0.1) is 5.82 Å². The highest BCUT2D eigenvalue weighted by atomic mass is 35.5. The smallest absolute Gasteiger partial charge is 0.328 e. The van der Waals surface area contributed by atoms with Crippen LogP contribution in [0.3, 0.4) is 0 Å². The number of halogens is 2. The summed E-state index contributed by atoms with van der Waals surface area (Å²) < 4.78 is 14.1. The minimum absolute atomic E-state index is 0.353. The van der Waals surface area contributed by atoms with Crippen molar-refractivity contribution in [3.8, 4) is 0 Å². The summed E-state index contributed by atoms with van der Waals surface area (Å²) >= 11 is 6.48. The Hall–Kier alpha value is -3.70. The van der Waals surface area contributed by atoms with E-state index >= 15 is 0 Å². The number of hydrogen-bond acceptors (Lipinski definition) is 2. The molecule has 1 heterocycles. The third-order valence-corrected chi connectivity index (χ3v) is 5.59. The maximum Gasteiger partial charge on any atom is 0.328 e. The largest absolute Gasteiger partial charge is 0.478 e. The van der Waals surface area contributed by atoms with Gasteiger partial charge in [-0.3, -0.25) is 5.10 Å². The molecule has 0 aliphatic carbocycles. The van der Waals surface area contributed by atoms with Gasteiger partial charge in [0.25, 0.3) is 0 Å². The Labute approximate surface area is 189 Å². The molecular weight excluding hydrogens is 427 g/mol. The second-order valence-electron chi connectivity index (χ2n) is 7.30. The Morgan fingerprint density at radius 1 is 1.09 bits per heavy atom. The lowest BCUT2D eigenvalue weighted by Crippen LogP contribution is -1.97. The molecule has 0 fully saturated rings. The van der Waals surface area contributed by atoms with E-state index in [0.29, 0.717) is 17.0 Å². The van der Waals surface area contributed by atoms with E-state index in [0.717, 1.165) is 44.8 Å². The molecule has 4 aromatic rings. The molecule has 1 aromatic heterocycles. The Morgan fingerprint density at radius 3 is 2.56 bits per heavy atom. The number of rotatable bonds is 6. The van der Waals surface area contributed by atoms with Crippen LogP contribution in [-0.2, 0) is 4.79 Å². The summed E-state index contributed by atoms with van der Waals surface area (Å²) in [7, 11) is 0. The fraction of sp³-hybridized carbons (Fsp3) is 0.0769. The van der Waals surface area contributed by atoms with Gasteiger partial charge in [-0.1, -0.05) is 48.9 Å². The molecule has 0 radical (unpaired) electrons. The van der Waals surface area contributed by atoms with E-state index in [1.807, 2.05) is 49.4 Å². The highest BCUT2D eigenvalue weighted by Crippen LogP contribution is 2.38. The summed E-state index contributed by atoms with van der Waals surface area (Å²) in [4.78, 5) is 10.8. The number of hydrogen-bond donors (Lipinski definition) is 2. The zero-order valence-electron chi connectivity index (χ0n) is 17.3. The minimum atomic E-state index is -1.00. The van der Waals surface area contributed by atoms with Crippen LogP contribution in [0.25, 0.3) is 28.1 Å². The summed E-state index contributed by atoms with van der Waals surface area (Å²) in [6, 6.07) is 17.9. The molecule has 0 saturated carbocycles. The number of carboxylic acid groups (broad SMARTS) is 1. The van der Waals surface area contributed by atoms with Gasteiger partial charge in [0.15, 0.2) is 0 Å². The molecular formula is C26H20ClFN2O2. The van der Waals surface area contributed by atoms with Gasteiger partial charge in [0.05, 0.1) is 11.7 Å². The van der Waals surface area contributed by atoms with Crippen molar-refractivity contribution in [2.75, 3.05) is 0 Å². The lowest BCUT2D eigenvalue weighted by atomic mass is 9.87. The monoisotopic (exact) mass is 446 g/mol. The van der Waals surface area contributed by atoms with Crippen LogP contribution in [0.4, 0.5) is 4.39 Å². The van der Waals surface area contributed by atoms with Gasteiger partial charge in [0, 0.05) is 16.5 Å². The first kappa shape index (κ1) is 21.5. The Bertz CT molecular complexity index is 1350. The Balaban J connectivity index is 1.94. The summed E-state index contributed by atoms with van der Waals surface area (Å²) in [5, 5.41) is 17.4. The summed E-state index contributed by atoms with van der Waals surface area (Å²) in [6.45, 7) is 2.01. The normalized spacial score (nSPS) is 12.3. The van der Waals surface area contributed by atoms with Crippen molar-refractivity contribution < 1.29 is 14.3 Å². The number of aromatic amines is 1. The van der Waals surface area contributed by atoms with Gasteiger partial charge in [0.2, 0.25) is 0 Å². The molecule has 0 bridgehead atoms. The molecule has 2 N–H and O–H groups in total. The van der Waals surface area contributed by atoms with E-state index in [4.69, 9.17) is 16.7 Å². The van der Waals surface area contributed by atoms with E-state index in [9.17, 15) is 9.18 Å². The number of fused-ring (bicyclic) bond motifs is 1. The summed E-state index contributed by atoms with van der Waals surface area (Å²) in [5.74, 6) is -1.36. The quantitative estimate of drug-likeness (QED) is 0.252. The zero-order valence-corrected chi connectivity index (χ0v) is 18.0. The van der Waals surface area contributed by atoms with Crippen molar-refractivity contribution in [1.82, 2.24) is 10.2 Å². The molecule has 0 unspecified atom stereocenters. The van der Waals surface area contributed by atoms with Gasteiger partial charge in [-0.15, -0.1) is 0 Å². The van der Waals surface area contributed by atoms with E-state index < -0.39 is 5.97 Å². The van der Waals surface area contributed by atoms with Crippen LogP contribution in [0.1, 0.15) is 35.6 Å². The molecule has 0 atom stereocenters. The van der Waals surface area contributed by atoms with Crippen LogP contribution in [0.5, 0.6) is 0 Å². The molecule has 4 rings (SSSR count). The van der Waals surface area contributed by atoms with Gasteiger partial charge in [-0.2, -0.15) is 5.10 Å². The summed E-state index contributed by atoms with van der Waals surface area (Å²) in [6.07, 6.45) is 5.03. The molecule has 0 amide bonds. The number of allylic oxidation sites excluding steroid dienone is 1. The Morgan fingerprint density at radius 2 is 1.84 bits per heavy atom. The van der Waals surface area contributed by atoms with Gasteiger partial charge in [-0.25, -0.2) is 9.18 Å². The second kappa shape index (κ2) is 9.20. The fourth-order valence-corrected chi connectivity index (χ4v) is 4.00. The van der Waals surface area contributed by atoms with E-state index in [-0.39, 0.29) is 5.82 Å². The predicted octanol–water partition coefficient (Wildman–Crippen LogP) is 6.82. The fourth-order valence-electron chi connectivity index (χ4n) is 3.77. The number of benzene rings is 3. The maximum atomic E-state index is 14.1. The van der Waals surface area contributed by atoms with Crippen molar-refractivity contribution in [1.29, 1.82) is 0 Å². The van der Waals surface area contributed by atoms with Crippen LogP contribution >= 0.6 is 11.6 Å². The molecule has 0 saturated heterocycles. The van der Waals surface area contributed by atoms with E-state index in [1.54, 1.807) is 12.3 Å². The van der Waals surface area contributed by atoms with E-state index in [1.165, 1.54) is 18.2 Å². The minimum Gasteiger partial charge on any atom is -0.478 e. The topological polar surface area (TPSA) is 66.0 Å². The maximum absolute atomic E-state index is 14.1. The first-order valence-corrected chi connectivity index (χ1v) is 10.5. The third kappa shape index (κ3) is 4.48. The molecule has 0 spiro atoms. The van der Waals surface area contributed by atoms with Crippen LogP contribution in [0.2, 0.25) is 5.02 Å². The molecule has 6 heteroatoms. The first-order chi connectivity index (χ1) is 15.5. The number of nitrogens with one attached hydrogen (secondary N) is 1. The SMILES string of the molecule is CCC(=C(c1ccc(C=CC(=O)O)cc1)c1ccc2[nH]ncc2c1)c1cc(F)ccc1Cl. The van der Waals surface area contributed by atoms with Crippen LogP contribution in [0.15, 0.2) is 72.9 Å². The third-order valence-electron chi connectivity index (χ3n) is 5.26. The number of carbonyl (C=O) groups is 1. The van der Waals surface area contributed by atoms with Crippen molar-refractivity contribution in [2.24, 2.45) is 0 Å².